The molecule has 0 radical (unpaired) electrons. The van der Waals surface area contributed by atoms with E-state index in [1.54, 1.807) is 60.7 Å². The molecular formula is C22H13Cl4NO. The molecule has 0 spiro atoms. The summed E-state index contributed by atoms with van der Waals surface area (Å²) >= 11 is 24.2. The summed E-state index contributed by atoms with van der Waals surface area (Å²) in [5.41, 5.74) is 2.70. The summed E-state index contributed by atoms with van der Waals surface area (Å²) in [6.07, 6.45) is 1.73. The molecule has 140 valence electrons. The molecule has 0 aliphatic carbocycles. The predicted molar refractivity (Wildman–Crippen MR) is 117 cm³/mol. The normalized spacial score (nSPS) is 11.2. The lowest BCUT2D eigenvalue weighted by molar-refractivity contribution is 0.305. The fraction of sp³-hybridized carbons (Fsp3) is 0.0455. The Hall–Kier alpha value is -2.15. The van der Waals surface area contributed by atoms with Gasteiger partial charge >= 0.3 is 0 Å². The van der Waals surface area contributed by atoms with Crippen LogP contribution < -0.4 is 4.74 Å². The van der Waals surface area contributed by atoms with Crippen LogP contribution in [0.4, 0.5) is 0 Å². The highest BCUT2D eigenvalue weighted by atomic mass is 35.5. The van der Waals surface area contributed by atoms with E-state index in [0.29, 0.717) is 37.0 Å². The van der Waals surface area contributed by atoms with Gasteiger partial charge in [-0.3, -0.25) is 0 Å². The highest BCUT2D eigenvalue weighted by molar-refractivity contribution is 6.35. The van der Waals surface area contributed by atoms with Gasteiger partial charge in [-0.2, -0.15) is 5.26 Å². The maximum absolute atomic E-state index is 9.59. The third-order valence-electron chi connectivity index (χ3n) is 3.95. The third kappa shape index (κ3) is 5.22. The van der Waals surface area contributed by atoms with Gasteiger partial charge in [-0.05, 0) is 54.1 Å². The third-order valence-corrected chi connectivity index (χ3v) is 5.02. The summed E-state index contributed by atoms with van der Waals surface area (Å²) in [6.45, 7) is 0.251. The lowest BCUT2D eigenvalue weighted by atomic mass is 10.0. The smallest absolute Gasteiger partial charge is 0.127 e. The first-order valence-electron chi connectivity index (χ1n) is 8.20. The summed E-state index contributed by atoms with van der Waals surface area (Å²) < 4.78 is 5.94. The molecule has 28 heavy (non-hydrogen) atoms. The van der Waals surface area contributed by atoms with E-state index in [1.807, 2.05) is 6.07 Å². The molecule has 0 saturated heterocycles. The van der Waals surface area contributed by atoms with Crippen LogP contribution in [-0.2, 0) is 6.61 Å². The fourth-order valence-electron chi connectivity index (χ4n) is 2.52. The van der Waals surface area contributed by atoms with Gasteiger partial charge in [-0.15, -0.1) is 0 Å². The molecule has 3 rings (SSSR count). The summed E-state index contributed by atoms with van der Waals surface area (Å²) in [4.78, 5) is 0. The number of benzene rings is 3. The maximum Gasteiger partial charge on any atom is 0.127 e. The summed E-state index contributed by atoms with van der Waals surface area (Å²) in [7, 11) is 0. The summed E-state index contributed by atoms with van der Waals surface area (Å²) in [5, 5.41) is 11.8. The number of nitriles is 1. The molecule has 0 atom stereocenters. The molecular weight excluding hydrogens is 436 g/mol. The molecule has 3 aromatic carbocycles. The molecule has 3 aromatic rings. The van der Waals surface area contributed by atoms with Crippen LogP contribution in [0.2, 0.25) is 20.1 Å². The number of halogens is 4. The monoisotopic (exact) mass is 447 g/mol. The quantitative estimate of drug-likeness (QED) is 0.293. The van der Waals surface area contributed by atoms with Crippen molar-refractivity contribution in [2.24, 2.45) is 0 Å². The van der Waals surface area contributed by atoms with Crippen molar-refractivity contribution < 1.29 is 4.74 Å². The number of nitrogens with zero attached hydrogens (tertiary/aromatic N) is 1. The van der Waals surface area contributed by atoms with Crippen molar-refractivity contribution in [1.29, 1.82) is 5.26 Å². The Bertz CT molecular complexity index is 1070. The first kappa shape index (κ1) is 20.6. The Balaban J connectivity index is 1.91. The first-order chi connectivity index (χ1) is 13.5. The molecule has 0 aromatic heterocycles. The van der Waals surface area contributed by atoms with E-state index in [2.05, 4.69) is 6.07 Å². The van der Waals surface area contributed by atoms with Crippen molar-refractivity contribution in [3.8, 4) is 11.8 Å². The Labute approximate surface area is 183 Å². The van der Waals surface area contributed by atoms with Gasteiger partial charge in [0, 0.05) is 31.2 Å². The predicted octanol–water partition coefficient (Wildman–Crippen LogP) is 7.94. The molecule has 0 heterocycles. The van der Waals surface area contributed by atoms with Crippen molar-refractivity contribution in [3.63, 3.8) is 0 Å². The molecule has 0 bridgehead atoms. The first-order valence-corrected chi connectivity index (χ1v) is 9.71. The molecule has 0 unspecified atom stereocenters. The Morgan fingerprint density at radius 3 is 2.18 bits per heavy atom. The van der Waals surface area contributed by atoms with Gasteiger partial charge in [0.05, 0.1) is 11.6 Å². The van der Waals surface area contributed by atoms with E-state index >= 15 is 0 Å². The minimum absolute atomic E-state index is 0.251. The molecule has 0 amide bonds. The largest absolute Gasteiger partial charge is 0.488 e. The van der Waals surface area contributed by atoms with Crippen LogP contribution in [0, 0.1) is 11.3 Å². The van der Waals surface area contributed by atoms with E-state index in [-0.39, 0.29) is 6.61 Å². The van der Waals surface area contributed by atoms with Crippen molar-refractivity contribution in [1.82, 2.24) is 0 Å². The highest BCUT2D eigenvalue weighted by Crippen LogP contribution is 2.30. The number of hydrogen-bond acceptors (Lipinski definition) is 2. The minimum atomic E-state index is 0.251. The molecule has 0 aliphatic rings. The van der Waals surface area contributed by atoms with Crippen LogP contribution in [0.15, 0.2) is 60.7 Å². The van der Waals surface area contributed by atoms with Gasteiger partial charge < -0.3 is 4.74 Å². The van der Waals surface area contributed by atoms with Crippen molar-refractivity contribution in [3.05, 3.63) is 97.4 Å². The van der Waals surface area contributed by atoms with E-state index in [4.69, 9.17) is 51.1 Å². The van der Waals surface area contributed by atoms with Gasteiger partial charge in [0.2, 0.25) is 0 Å². The van der Waals surface area contributed by atoms with Gasteiger partial charge in [0.15, 0.2) is 0 Å². The van der Waals surface area contributed by atoms with Gasteiger partial charge in [0.25, 0.3) is 0 Å². The second-order valence-corrected chi connectivity index (χ2v) is 7.60. The summed E-state index contributed by atoms with van der Waals surface area (Å²) in [5.74, 6) is 0.581. The van der Waals surface area contributed by atoms with Gasteiger partial charge in [-0.1, -0.05) is 64.6 Å². The number of ether oxygens (including phenoxy) is 1. The fourth-order valence-corrected chi connectivity index (χ4v) is 3.29. The van der Waals surface area contributed by atoms with Crippen LogP contribution in [0.5, 0.6) is 5.75 Å². The van der Waals surface area contributed by atoms with Gasteiger partial charge in [-0.25, -0.2) is 0 Å². The average molecular weight is 449 g/mol. The van der Waals surface area contributed by atoms with E-state index in [1.165, 1.54) is 0 Å². The molecule has 0 aliphatic heterocycles. The van der Waals surface area contributed by atoms with E-state index < -0.39 is 0 Å². The zero-order valence-electron chi connectivity index (χ0n) is 14.4. The van der Waals surface area contributed by atoms with Crippen LogP contribution in [0.25, 0.3) is 11.6 Å². The maximum atomic E-state index is 9.59. The lowest BCUT2D eigenvalue weighted by Gasteiger charge is -2.12. The standard InChI is InChI=1S/C22H13Cl4NO/c23-18-4-1-14(2-5-18)17(12-27)9-16-10-19(24)7-8-22(16)28-13-15-3-6-20(25)11-21(15)26/h1-11H,13H2/b17-9+. The number of hydrogen-bond donors (Lipinski definition) is 0. The van der Waals surface area contributed by atoms with Crippen molar-refractivity contribution in [2.75, 3.05) is 0 Å². The zero-order valence-corrected chi connectivity index (χ0v) is 17.4. The number of allylic oxidation sites excluding steroid dienone is 1. The van der Waals surface area contributed by atoms with Gasteiger partial charge in [0.1, 0.15) is 12.4 Å². The van der Waals surface area contributed by atoms with Crippen molar-refractivity contribution >= 4 is 58.1 Å². The number of rotatable bonds is 5. The van der Waals surface area contributed by atoms with E-state index in [9.17, 15) is 5.26 Å². The lowest BCUT2D eigenvalue weighted by Crippen LogP contribution is -1.98. The molecule has 0 saturated carbocycles. The minimum Gasteiger partial charge on any atom is -0.488 e. The van der Waals surface area contributed by atoms with Crippen molar-refractivity contribution in [2.45, 2.75) is 6.61 Å². The topological polar surface area (TPSA) is 33.0 Å². The molecule has 0 N–H and O–H groups in total. The Kier molecular flexibility index (Phi) is 6.88. The zero-order chi connectivity index (χ0) is 20.1. The van der Waals surface area contributed by atoms with Crippen LogP contribution in [0.3, 0.4) is 0 Å². The van der Waals surface area contributed by atoms with Crippen LogP contribution in [-0.4, -0.2) is 0 Å². The Morgan fingerprint density at radius 1 is 0.857 bits per heavy atom. The Morgan fingerprint density at radius 2 is 1.50 bits per heavy atom. The second-order valence-electron chi connectivity index (χ2n) is 5.88. The van der Waals surface area contributed by atoms with Crippen LogP contribution >= 0.6 is 46.4 Å². The molecule has 2 nitrogen and oxygen atoms in total. The van der Waals surface area contributed by atoms with E-state index in [0.717, 1.165) is 11.1 Å². The highest BCUT2D eigenvalue weighted by Gasteiger charge is 2.09. The molecule has 6 heteroatoms. The summed E-state index contributed by atoms with van der Waals surface area (Å²) in [6, 6.07) is 19.7. The van der Waals surface area contributed by atoms with Crippen LogP contribution in [0.1, 0.15) is 16.7 Å². The SMILES string of the molecule is N#C/C(=C\c1cc(Cl)ccc1OCc1ccc(Cl)cc1Cl)c1ccc(Cl)cc1. The molecule has 0 fully saturated rings. The second kappa shape index (κ2) is 9.37. The average Bonchev–Trinajstić information content (AvgIpc) is 2.67.